The number of para-hydroxylation sites is 1. The van der Waals surface area contributed by atoms with E-state index in [0.29, 0.717) is 52.0 Å². The average molecular weight is 485 g/mol. The number of carbonyl (C=O) groups excluding carboxylic acids is 2. The molecule has 4 rings (SSSR count). The third kappa shape index (κ3) is 4.81. The van der Waals surface area contributed by atoms with Gasteiger partial charge in [0.2, 0.25) is 15.9 Å². The van der Waals surface area contributed by atoms with Crippen LogP contribution in [0.3, 0.4) is 0 Å². The van der Waals surface area contributed by atoms with Crippen LogP contribution in [-0.2, 0) is 21.2 Å². The number of nitrogens with one attached hydrogen (secondary N) is 1. The highest BCUT2D eigenvalue weighted by atomic mass is 32.2. The number of fused-ring (bicyclic) bond motifs is 1. The number of hydrogen-bond donors (Lipinski definition) is 1. The molecule has 3 amide bonds. The van der Waals surface area contributed by atoms with Gasteiger partial charge in [0.25, 0.3) is 0 Å². The van der Waals surface area contributed by atoms with Gasteiger partial charge in [0, 0.05) is 50.0 Å². The van der Waals surface area contributed by atoms with Crippen molar-refractivity contribution in [1.82, 2.24) is 9.21 Å². The third-order valence-corrected chi connectivity index (χ3v) is 8.76. The maximum absolute atomic E-state index is 13.3. The van der Waals surface area contributed by atoms with Gasteiger partial charge < -0.3 is 15.1 Å². The van der Waals surface area contributed by atoms with E-state index in [1.54, 1.807) is 28.0 Å². The van der Waals surface area contributed by atoms with Gasteiger partial charge >= 0.3 is 6.03 Å². The number of hydrogen-bond acceptors (Lipinski definition) is 4. The predicted molar refractivity (Wildman–Crippen MR) is 132 cm³/mol. The fraction of sp³-hybridized carbons (Fsp3) is 0.440. The molecule has 34 heavy (non-hydrogen) atoms. The molecule has 2 aliphatic rings. The summed E-state index contributed by atoms with van der Waals surface area (Å²) in [6, 6.07) is 14.3. The molecule has 0 spiro atoms. The average Bonchev–Trinajstić information content (AvgIpc) is 3.28. The maximum Gasteiger partial charge on any atom is 0.321 e. The van der Waals surface area contributed by atoms with E-state index in [1.165, 1.54) is 4.31 Å². The third-order valence-electron chi connectivity index (χ3n) is 6.71. The molecule has 0 bridgehead atoms. The topological polar surface area (TPSA) is 90.0 Å². The highest BCUT2D eigenvalue weighted by Gasteiger charge is 2.34. The minimum atomic E-state index is -3.53. The number of nitrogens with zero attached hydrogens (tertiary/aromatic N) is 3. The van der Waals surface area contributed by atoms with Crippen LogP contribution < -0.4 is 10.2 Å². The van der Waals surface area contributed by atoms with Crippen molar-refractivity contribution in [1.29, 1.82) is 0 Å². The quantitative estimate of drug-likeness (QED) is 0.679. The summed E-state index contributed by atoms with van der Waals surface area (Å²) in [7, 11) is -3.53. The van der Waals surface area contributed by atoms with Gasteiger partial charge in [0.05, 0.1) is 4.90 Å². The number of carbonyl (C=O) groups is 2. The van der Waals surface area contributed by atoms with E-state index >= 15 is 0 Å². The normalized spacial score (nSPS) is 16.6. The van der Waals surface area contributed by atoms with Gasteiger partial charge in [-0.05, 0) is 55.2 Å². The Bertz CT molecular complexity index is 1140. The van der Waals surface area contributed by atoms with Crippen molar-refractivity contribution in [2.24, 2.45) is 5.92 Å². The second kappa shape index (κ2) is 10.1. The largest absolute Gasteiger partial charge is 0.324 e. The molecular weight excluding hydrogens is 452 g/mol. The molecule has 1 fully saturated rings. The SMILES string of the molecule is CCN(CC)S(=O)(=O)c1ccc2c(c1)CCN2C(=O)C1CCN(C(=O)Nc2ccccc2)CC1. The van der Waals surface area contributed by atoms with Gasteiger partial charge in [-0.15, -0.1) is 0 Å². The minimum Gasteiger partial charge on any atom is -0.324 e. The summed E-state index contributed by atoms with van der Waals surface area (Å²) in [6.07, 6.45) is 1.86. The van der Waals surface area contributed by atoms with Crippen LogP contribution in [0.1, 0.15) is 32.3 Å². The Morgan fingerprint density at radius 3 is 2.32 bits per heavy atom. The monoisotopic (exact) mass is 484 g/mol. The van der Waals surface area contributed by atoms with E-state index in [1.807, 2.05) is 44.2 Å². The summed E-state index contributed by atoms with van der Waals surface area (Å²) in [5.74, 6) is -0.0907. The van der Waals surface area contributed by atoms with Gasteiger partial charge in [-0.3, -0.25) is 4.79 Å². The van der Waals surface area contributed by atoms with Crippen molar-refractivity contribution in [3.05, 3.63) is 54.1 Å². The molecule has 0 aromatic heterocycles. The Labute approximate surface area is 201 Å². The van der Waals surface area contributed by atoms with Gasteiger partial charge in [-0.1, -0.05) is 32.0 Å². The molecule has 1 saturated heterocycles. The lowest BCUT2D eigenvalue weighted by molar-refractivity contribution is -0.123. The van der Waals surface area contributed by atoms with E-state index < -0.39 is 10.0 Å². The van der Waals surface area contributed by atoms with Gasteiger partial charge in [-0.2, -0.15) is 4.31 Å². The van der Waals surface area contributed by atoms with Gasteiger partial charge in [0.1, 0.15) is 0 Å². The van der Waals surface area contributed by atoms with Gasteiger partial charge in [-0.25, -0.2) is 13.2 Å². The second-order valence-corrected chi connectivity index (χ2v) is 10.6. The Balaban J connectivity index is 1.39. The molecule has 0 radical (unpaired) electrons. The van der Waals surface area contributed by atoms with Crippen molar-refractivity contribution in [2.45, 2.75) is 38.0 Å². The first kappa shape index (κ1) is 24.2. The number of amides is 3. The second-order valence-electron chi connectivity index (χ2n) is 8.68. The summed E-state index contributed by atoms with van der Waals surface area (Å²) in [5, 5.41) is 2.90. The fourth-order valence-corrected chi connectivity index (χ4v) is 6.26. The predicted octanol–water partition coefficient (Wildman–Crippen LogP) is 3.55. The van der Waals surface area contributed by atoms with E-state index in [4.69, 9.17) is 0 Å². The lowest BCUT2D eigenvalue weighted by Gasteiger charge is -2.33. The van der Waals surface area contributed by atoms with Crippen LogP contribution in [-0.4, -0.2) is 62.3 Å². The zero-order valence-corrected chi connectivity index (χ0v) is 20.6. The molecule has 0 atom stereocenters. The minimum absolute atomic E-state index is 0.0567. The van der Waals surface area contributed by atoms with Crippen molar-refractivity contribution in [3.63, 3.8) is 0 Å². The van der Waals surface area contributed by atoms with Crippen LogP contribution in [0, 0.1) is 5.92 Å². The molecule has 0 aliphatic carbocycles. The van der Waals surface area contributed by atoms with Crippen LogP contribution in [0.5, 0.6) is 0 Å². The molecular formula is C25H32N4O4S. The van der Waals surface area contributed by atoms with Crippen LogP contribution in [0.15, 0.2) is 53.4 Å². The Morgan fingerprint density at radius 1 is 1.00 bits per heavy atom. The highest BCUT2D eigenvalue weighted by Crippen LogP contribution is 2.33. The van der Waals surface area contributed by atoms with E-state index in [0.717, 1.165) is 16.9 Å². The zero-order valence-electron chi connectivity index (χ0n) is 19.7. The molecule has 2 heterocycles. The Morgan fingerprint density at radius 2 is 1.68 bits per heavy atom. The first-order valence-corrected chi connectivity index (χ1v) is 13.3. The van der Waals surface area contributed by atoms with E-state index in [2.05, 4.69) is 5.32 Å². The molecule has 8 nitrogen and oxygen atoms in total. The van der Waals surface area contributed by atoms with Gasteiger partial charge in [0.15, 0.2) is 0 Å². The Hall–Kier alpha value is -2.91. The lowest BCUT2D eigenvalue weighted by atomic mass is 9.95. The van der Waals surface area contributed by atoms with Crippen LogP contribution in [0.2, 0.25) is 0 Å². The molecule has 182 valence electrons. The first-order valence-electron chi connectivity index (χ1n) is 11.9. The lowest BCUT2D eigenvalue weighted by Crippen LogP contribution is -2.45. The maximum atomic E-state index is 13.3. The standard InChI is InChI=1S/C25H32N4O4S/c1-3-28(4-2)34(32,33)22-10-11-23-20(18-22)14-17-29(23)24(30)19-12-15-27(16-13-19)25(31)26-21-8-6-5-7-9-21/h5-11,18-19H,3-4,12-17H2,1-2H3,(H,26,31). The number of rotatable bonds is 6. The first-order chi connectivity index (χ1) is 16.3. The van der Waals surface area contributed by atoms with Crippen molar-refractivity contribution < 1.29 is 18.0 Å². The molecule has 2 aromatic rings. The number of piperidine rings is 1. The van der Waals surface area contributed by atoms with Crippen LogP contribution in [0.4, 0.5) is 16.2 Å². The molecule has 0 saturated carbocycles. The summed E-state index contributed by atoms with van der Waals surface area (Å²) in [4.78, 5) is 29.6. The molecule has 2 aromatic carbocycles. The summed E-state index contributed by atoms with van der Waals surface area (Å²) in [5.41, 5.74) is 2.44. The van der Waals surface area contributed by atoms with Crippen molar-refractivity contribution >= 4 is 33.3 Å². The van der Waals surface area contributed by atoms with Crippen LogP contribution >= 0.6 is 0 Å². The highest BCUT2D eigenvalue weighted by molar-refractivity contribution is 7.89. The van der Waals surface area contributed by atoms with Crippen LogP contribution in [0.25, 0.3) is 0 Å². The molecule has 2 aliphatic heterocycles. The zero-order chi connectivity index (χ0) is 24.3. The Kier molecular flexibility index (Phi) is 7.23. The number of sulfonamides is 1. The van der Waals surface area contributed by atoms with E-state index in [-0.39, 0.29) is 22.8 Å². The molecule has 9 heteroatoms. The van der Waals surface area contributed by atoms with Crippen molar-refractivity contribution in [3.8, 4) is 0 Å². The summed E-state index contributed by atoms with van der Waals surface area (Å²) >= 11 is 0. The smallest absolute Gasteiger partial charge is 0.321 e. The summed E-state index contributed by atoms with van der Waals surface area (Å²) in [6.45, 7) is 6.09. The fourth-order valence-electron chi connectivity index (χ4n) is 4.75. The van der Waals surface area contributed by atoms with Crippen molar-refractivity contribution in [2.75, 3.05) is 42.9 Å². The number of anilines is 2. The number of likely N-dealkylation sites (tertiary alicyclic amines) is 1. The van der Waals surface area contributed by atoms with E-state index in [9.17, 15) is 18.0 Å². The number of benzene rings is 2. The molecule has 0 unspecified atom stereocenters. The molecule has 1 N–H and O–H groups in total. The summed E-state index contributed by atoms with van der Waals surface area (Å²) < 4.78 is 27.2. The number of urea groups is 1.